The Morgan fingerprint density at radius 3 is 2.75 bits per heavy atom. The van der Waals surface area contributed by atoms with Crippen LogP contribution in [-0.2, 0) is 6.42 Å². The summed E-state index contributed by atoms with van der Waals surface area (Å²) in [6, 6.07) is 4.62. The molecule has 0 aliphatic carbocycles. The minimum absolute atomic E-state index is 0.165. The van der Waals surface area contributed by atoms with Crippen LogP contribution in [0.3, 0.4) is 0 Å². The third kappa shape index (κ3) is 3.26. The first-order valence-electron chi connectivity index (χ1n) is 8.86. The molecule has 0 amide bonds. The standard InChI is InChI=1S/C20H26ClNOS/c1-4-13(8-9-23)19-12(3)16-11-15(17-6-7-18(21)24-17)10-14(5-2)20(16)22-19/h6,10-11,13,18,22-23H,4-5,7-9H2,1-3H3. The Hall–Kier alpha value is -0.900. The van der Waals surface area contributed by atoms with Crippen LogP contribution in [0.4, 0.5) is 0 Å². The van der Waals surface area contributed by atoms with Gasteiger partial charge in [0.05, 0.1) is 4.71 Å². The summed E-state index contributed by atoms with van der Waals surface area (Å²) in [6.07, 6.45) is 6.05. The zero-order valence-corrected chi connectivity index (χ0v) is 16.2. The third-order valence-corrected chi connectivity index (χ3v) is 6.63. The largest absolute Gasteiger partial charge is 0.396 e. The summed E-state index contributed by atoms with van der Waals surface area (Å²) in [5.74, 6) is 0.392. The van der Waals surface area contributed by atoms with Crippen LogP contribution in [0.1, 0.15) is 61.4 Å². The van der Waals surface area contributed by atoms with Crippen molar-refractivity contribution in [3.05, 3.63) is 40.6 Å². The zero-order valence-electron chi connectivity index (χ0n) is 14.7. The molecule has 0 saturated heterocycles. The minimum Gasteiger partial charge on any atom is -0.396 e. The lowest BCUT2D eigenvalue weighted by Crippen LogP contribution is -2.02. The number of hydrogen-bond acceptors (Lipinski definition) is 2. The number of hydrogen-bond donors (Lipinski definition) is 2. The number of rotatable bonds is 6. The number of H-pyrrole nitrogens is 1. The lowest BCUT2D eigenvalue weighted by molar-refractivity contribution is 0.273. The van der Waals surface area contributed by atoms with Gasteiger partial charge in [-0.25, -0.2) is 0 Å². The number of aliphatic hydroxyl groups excluding tert-OH is 1. The van der Waals surface area contributed by atoms with Gasteiger partial charge in [0.15, 0.2) is 0 Å². The molecule has 4 heteroatoms. The summed E-state index contributed by atoms with van der Waals surface area (Å²) in [6.45, 7) is 6.84. The second-order valence-corrected chi connectivity index (χ2v) is 8.55. The van der Waals surface area contributed by atoms with Crippen molar-refractivity contribution in [1.82, 2.24) is 4.98 Å². The van der Waals surface area contributed by atoms with E-state index in [1.165, 1.54) is 38.2 Å². The van der Waals surface area contributed by atoms with E-state index in [-0.39, 0.29) is 11.3 Å². The maximum Gasteiger partial charge on any atom is 0.0870 e. The van der Waals surface area contributed by atoms with Gasteiger partial charge in [0.2, 0.25) is 0 Å². The second-order valence-electron chi connectivity index (χ2n) is 6.52. The van der Waals surface area contributed by atoms with Crippen molar-refractivity contribution in [2.24, 2.45) is 0 Å². The molecule has 2 heterocycles. The van der Waals surface area contributed by atoms with Crippen LogP contribution < -0.4 is 0 Å². The highest BCUT2D eigenvalue weighted by atomic mass is 35.5. The van der Waals surface area contributed by atoms with E-state index >= 15 is 0 Å². The predicted molar refractivity (Wildman–Crippen MR) is 107 cm³/mol. The molecule has 2 nitrogen and oxygen atoms in total. The zero-order chi connectivity index (χ0) is 17.3. The maximum absolute atomic E-state index is 9.37. The Morgan fingerprint density at radius 1 is 1.38 bits per heavy atom. The van der Waals surface area contributed by atoms with Crippen LogP contribution in [0, 0.1) is 6.92 Å². The number of aryl methyl sites for hydroxylation is 2. The molecular formula is C20H26ClNOS. The van der Waals surface area contributed by atoms with E-state index in [9.17, 15) is 5.11 Å². The number of halogens is 1. The molecule has 2 aromatic rings. The Kier molecular flexibility index (Phi) is 5.63. The molecule has 2 unspecified atom stereocenters. The monoisotopic (exact) mass is 363 g/mol. The number of aromatic amines is 1. The Morgan fingerprint density at radius 2 is 2.17 bits per heavy atom. The van der Waals surface area contributed by atoms with E-state index in [0.717, 1.165) is 25.7 Å². The molecule has 0 spiro atoms. The lowest BCUT2D eigenvalue weighted by atomic mass is 9.95. The fourth-order valence-electron chi connectivity index (χ4n) is 3.68. The molecule has 0 bridgehead atoms. The molecule has 1 aliphatic heterocycles. The lowest BCUT2D eigenvalue weighted by Gasteiger charge is -2.13. The van der Waals surface area contributed by atoms with E-state index < -0.39 is 0 Å². The molecule has 2 N–H and O–H groups in total. The Labute approximate surface area is 153 Å². The van der Waals surface area contributed by atoms with E-state index in [4.69, 9.17) is 11.6 Å². The van der Waals surface area contributed by atoms with Crippen LogP contribution >= 0.6 is 23.4 Å². The normalized spacial score (nSPS) is 19.0. The summed E-state index contributed by atoms with van der Waals surface area (Å²) in [7, 11) is 0. The van der Waals surface area contributed by atoms with E-state index in [1.807, 2.05) is 0 Å². The smallest absolute Gasteiger partial charge is 0.0870 e. The molecule has 1 aliphatic rings. The summed E-state index contributed by atoms with van der Waals surface area (Å²) in [5.41, 5.74) is 6.52. The fourth-order valence-corrected chi connectivity index (χ4v) is 4.97. The number of aromatic nitrogens is 1. The molecule has 0 radical (unpaired) electrons. The van der Waals surface area contributed by atoms with E-state index in [2.05, 4.69) is 44.0 Å². The van der Waals surface area contributed by atoms with Gasteiger partial charge in [0, 0.05) is 34.0 Å². The van der Waals surface area contributed by atoms with Crippen LogP contribution in [0.15, 0.2) is 18.2 Å². The van der Waals surface area contributed by atoms with Crippen molar-refractivity contribution in [3.63, 3.8) is 0 Å². The van der Waals surface area contributed by atoms with Crippen molar-refractivity contribution in [1.29, 1.82) is 0 Å². The maximum atomic E-state index is 9.37. The average molecular weight is 364 g/mol. The number of alkyl halides is 1. The van der Waals surface area contributed by atoms with Crippen molar-refractivity contribution < 1.29 is 5.11 Å². The SMILES string of the molecule is CCc1cc(C2=CCC(Cl)S2)cc2c(C)c(C(CC)CCO)[nH]c12. The first-order chi connectivity index (χ1) is 11.6. The summed E-state index contributed by atoms with van der Waals surface area (Å²) >= 11 is 8.02. The Balaban J connectivity index is 2.12. The first kappa shape index (κ1) is 17.9. The predicted octanol–water partition coefficient (Wildman–Crippen LogP) is 5.96. The molecule has 24 heavy (non-hydrogen) atoms. The van der Waals surface area contributed by atoms with Crippen molar-refractivity contribution in [3.8, 4) is 0 Å². The third-order valence-electron chi connectivity index (χ3n) is 5.08. The fraction of sp³-hybridized carbons (Fsp3) is 0.500. The number of fused-ring (bicyclic) bond motifs is 1. The van der Waals surface area contributed by atoms with Gasteiger partial charge < -0.3 is 10.1 Å². The highest BCUT2D eigenvalue weighted by Gasteiger charge is 2.21. The number of thioether (sulfide) groups is 1. The summed E-state index contributed by atoms with van der Waals surface area (Å²) in [4.78, 5) is 4.98. The van der Waals surface area contributed by atoms with Gasteiger partial charge in [-0.1, -0.05) is 19.9 Å². The topological polar surface area (TPSA) is 36.0 Å². The average Bonchev–Trinajstić information content (AvgIpc) is 3.16. The van der Waals surface area contributed by atoms with Crippen LogP contribution in [0.25, 0.3) is 15.8 Å². The van der Waals surface area contributed by atoms with Crippen LogP contribution in [0.5, 0.6) is 0 Å². The number of benzene rings is 1. The summed E-state index contributed by atoms with van der Waals surface area (Å²) in [5, 5.41) is 10.7. The molecule has 1 aromatic carbocycles. The molecule has 2 atom stereocenters. The van der Waals surface area contributed by atoms with Crippen molar-refractivity contribution in [2.45, 2.75) is 57.1 Å². The molecule has 130 valence electrons. The highest BCUT2D eigenvalue weighted by molar-refractivity contribution is 8.10. The van der Waals surface area contributed by atoms with Gasteiger partial charge in [0.1, 0.15) is 0 Å². The molecule has 3 rings (SSSR count). The summed E-state index contributed by atoms with van der Waals surface area (Å²) < 4.78 is 0.165. The Bertz CT molecular complexity index is 765. The molecule has 1 aromatic heterocycles. The quantitative estimate of drug-likeness (QED) is 0.621. The highest BCUT2D eigenvalue weighted by Crippen LogP contribution is 2.43. The van der Waals surface area contributed by atoms with Crippen molar-refractivity contribution in [2.75, 3.05) is 6.61 Å². The van der Waals surface area contributed by atoms with Gasteiger partial charge in [-0.05, 0) is 61.4 Å². The van der Waals surface area contributed by atoms with Crippen LogP contribution in [-0.4, -0.2) is 21.4 Å². The number of allylic oxidation sites excluding steroid dienone is 1. The van der Waals surface area contributed by atoms with Crippen LogP contribution in [0.2, 0.25) is 0 Å². The van der Waals surface area contributed by atoms with Gasteiger partial charge in [0.25, 0.3) is 0 Å². The van der Waals surface area contributed by atoms with E-state index in [0.29, 0.717) is 5.92 Å². The second kappa shape index (κ2) is 7.55. The first-order valence-corrected chi connectivity index (χ1v) is 10.2. The van der Waals surface area contributed by atoms with Gasteiger partial charge in [-0.15, -0.1) is 23.4 Å². The number of aliphatic hydroxyl groups is 1. The molecular weight excluding hydrogens is 338 g/mol. The van der Waals surface area contributed by atoms with Gasteiger partial charge >= 0.3 is 0 Å². The molecule has 0 saturated carbocycles. The van der Waals surface area contributed by atoms with E-state index in [1.54, 1.807) is 11.8 Å². The van der Waals surface area contributed by atoms with Gasteiger partial charge in [-0.2, -0.15) is 0 Å². The van der Waals surface area contributed by atoms with Crippen molar-refractivity contribution >= 4 is 39.2 Å². The van der Waals surface area contributed by atoms with Gasteiger partial charge in [-0.3, -0.25) is 0 Å². The minimum atomic E-state index is 0.165. The molecule has 0 fully saturated rings. The number of nitrogens with one attached hydrogen (secondary N) is 1.